The van der Waals surface area contributed by atoms with Crippen molar-refractivity contribution in [2.75, 3.05) is 25.5 Å². The fourth-order valence-electron chi connectivity index (χ4n) is 4.65. The quantitative estimate of drug-likeness (QED) is 0.267. The zero-order valence-corrected chi connectivity index (χ0v) is 22.2. The van der Waals surface area contributed by atoms with Crippen molar-refractivity contribution < 1.29 is 0 Å². The van der Waals surface area contributed by atoms with E-state index in [1.165, 1.54) is 61.1 Å². The summed E-state index contributed by atoms with van der Waals surface area (Å²) in [5.74, 6) is 0. The summed E-state index contributed by atoms with van der Waals surface area (Å²) in [5.41, 5.74) is 7.59. The van der Waals surface area contributed by atoms with E-state index in [1.807, 2.05) is 19.2 Å². The number of halogens is 2. The maximum absolute atomic E-state index is 6.38. The normalized spacial score (nSPS) is 17.5. The maximum atomic E-state index is 6.38. The molecule has 1 fully saturated rings. The van der Waals surface area contributed by atoms with Crippen molar-refractivity contribution in [1.29, 1.82) is 0 Å². The smallest absolute Gasteiger partial charge is 0.0433 e. The van der Waals surface area contributed by atoms with Crippen LogP contribution in [0.25, 0.3) is 5.70 Å². The Kier molecular flexibility index (Phi) is 11.2. The summed E-state index contributed by atoms with van der Waals surface area (Å²) in [6.45, 7) is 3.99. The Bertz CT molecular complexity index is 962. The van der Waals surface area contributed by atoms with E-state index in [0.29, 0.717) is 0 Å². The summed E-state index contributed by atoms with van der Waals surface area (Å²) in [7, 11) is 1.98. The van der Waals surface area contributed by atoms with Crippen molar-refractivity contribution in [2.45, 2.75) is 64.7 Å². The summed E-state index contributed by atoms with van der Waals surface area (Å²) >= 11 is 12.6. The van der Waals surface area contributed by atoms with Gasteiger partial charge in [0.05, 0.1) is 0 Å². The number of anilines is 1. The minimum atomic E-state index is 0.784. The zero-order chi connectivity index (χ0) is 24.2. The van der Waals surface area contributed by atoms with E-state index in [0.717, 1.165) is 48.1 Å². The van der Waals surface area contributed by atoms with E-state index in [2.05, 4.69) is 59.3 Å². The van der Waals surface area contributed by atoms with Crippen molar-refractivity contribution in [1.82, 2.24) is 10.6 Å². The van der Waals surface area contributed by atoms with Gasteiger partial charge in [0.25, 0.3) is 0 Å². The first-order valence-corrected chi connectivity index (χ1v) is 13.4. The Labute approximate surface area is 216 Å². The standard InChI is InChI=1S/C29H39Cl2N3/c1-3-11-27(23-14-10-15-24(30)20-23)33-18-8-5-9-19-34-29(22-12-6-4-7-13-22)26-21-25(31)16-17-28(26)32-2/h3,10-11,15-17,20-21,32-34H,4-9,12-14,18-19H2,1-2H3/b11-3+,27-23-. The third-order valence-corrected chi connectivity index (χ3v) is 6.88. The van der Waals surface area contributed by atoms with Crippen molar-refractivity contribution in [2.24, 2.45) is 0 Å². The van der Waals surface area contributed by atoms with Crippen molar-refractivity contribution >= 4 is 34.6 Å². The molecule has 0 spiro atoms. The molecule has 34 heavy (non-hydrogen) atoms. The zero-order valence-electron chi connectivity index (χ0n) is 20.7. The highest BCUT2D eigenvalue weighted by Gasteiger charge is 2.16. The minimum absolute atomic E-state index is 0.784. The molecule has 5 heteroatoms. The number of nitrogens with one attached hydrogen (secondary N) is 3. The van der Waals surface area contributed by atoms with Gasteiger partial charge in [-0.05, 0) is 106 Å². The van der Waals surface area contributed by atoms with E-state index in [9.17, 15) is 0 Å². The van der Waals surface area contributed by atoms with Crippen LogP contribution in [0.2, 0.25) is 5.02 Å². The van der Waals surface area contributed by atoms with Crippen LogP contribution >= 0.6 is 23.2 Å². The number of hydrogen-bond donors (Lipinski definition) is 3. The molecule has 0 amide bonds. The molecule has 3 nitrogen and oxygen atoms in total. The highest BCUT2D eigenvalue weighted by molar-refractivity contribution is 6.31. The SMILES string of the molecule is C/C=C/C(NCCCCCNC(=C1CCCCC1)c1cc(Cl)ccc1NC)=C1/C=C(Cl)C=CC1. The summed E-state index contributed by atoms with van der Waals surface area (Å²) < 4.78 is 0. The van der Waals surface area contributed by atoms with Gasteiger partial charge in [-0.25, -0.2) is 0 Å². The molecule has 3 N–H and O–H groups in total. The lowest BCUT2D eigenvalue weighted by Crippen LogP contribution is -2.19. The summed E-state index contributed by atoms with van der Waals surface area (Å²) in [4.78, 5) is 0. The van der Waals surface area contributed by atoms with Crippen LogP contribution in [0, 0.1) is 0 Å². The lowest BCUT2D eigenvalue weighted by Gasteiger charge is -2.23. The van der Waals surface area contributed by atoms with E-state index in [1.54, 1.807) is 5.57 Å². The van der Waals surface area contributed by atoms with Crippen LogP contribution in [-0.2, 0) is 0 Å². The molecule has 0 bridgehead atoms. The molecule has 1 aromatic rings. The second-order valence-electron chi connectivity index (χ2n) is 8.97. The molecular formula is C29H39Cl2N3. The van der Waals surface area contributed by atoms with Gasteiger partial charge in [-0.1, -0.05) is 41.8 Å². The first-order chi connectivity index (χ1) is 16.6. The third kappa shape index (κ3) is 7.99. The van der Waals surface area contributed by atoms with Crippen LogP contribution in [0.1, 0.15) is 70.3 Å². The molecule has 184 valence electrons. The molecule has 0 aromatic heterocycles. The Morgan fingerprint density at radius 3 is 2.47 bits per heavy atom. The predicted molar refractivity (Wildman–Crippen MR) is 150 cm³/mol. The minimum Gasteiger partial charge on any atom is -0.388 e. The van der Waals surface area contributed by atoms with Crippen LogP contribution in [0.3, 0.4) is 0 Å². The monoisotopic (exact) mass is 499 g/mol. The Balaban J connectivity index is 1.53. The molecule has 2 aliphatic rings. The van der Waals surface area contributed by atoms with Crippen LogP contribution in [0.15, 0.2) is 70.5 Å². The van der Waals surface area contributed by atoms with E-state index in [-0.39, 0.29) is 0 Å². The molecule has 0 unspecified atom stereocenters. The largest absolute Gasteiger partial charge is 0.388 e. The lowest BCUT2D eigenvalue weighted by atomic mass is 9.90. The lowest BCUT2D eigenvalue weighted by molar-refractivity contribution is 0.592. The van der Waals surface area contributed by atoms with Crippen LogP contribution < -0.4 is 16.0 Å². The van der Waals surface area contributed by atoms with Gasteiger partial charge in [0.15, 0.2) is 0 Å². The van der Waals surface area contributed by atoms with Crippen LogP contribution in [0.5, 0.6) is 0 Å². The molecule has 0 atom stereocenters. The summed E-state index contributed by atoms with van der Waals surface area (Å²) in [6.07, 6.45) is 21.0. The first kappa shape index (κ1) is 26.5. The predicted octanol–water partition coefficient (Wildman–Crippen LogP) is 8.32. The van der Waals surface area contributed by atoms with Gasteiger partial charge in [0, 0.05) is 52.8 Å². The average Bonchev–Trinajstić information content (AvgIpc) is 2.85. The summed E-state index contributed by atoms with van der Waals surface area (Å²) in [5, 5.41) is 12.3. The second kappa shape index (κ2) is 14.3. The van der Waals surface area contributed by atoms with Crippen molar-refractivity contribution in [3.63, 3.8) is 0 Å². The number of unbranched alkanes of at least 4 members (excludes halogenated alkanes) is 2. The molecule has 3 rings (SSSR count). The van der Waals surface area contributed by atoms with Gasteiger partial charge in [-0.2, -0.15) is 0 Å². The molecule has 0 radical (unpaired) electrons. The number of rotatable bonds is 11. The summed E-state index contributed by atoms with van der Waals surface area (Å²) in [6, 6.07) is 6.13. The Morgan fingerprint density at radius 1 is 1.00 bits per heavy atom. The molecule has 0 saturated heterocycles. The highest BCUT2D eigenvalue weighted by atomic mass is 35.5. The molecule has 0 heterocycles. The maximum Gasteiger partial charge on any atom is 0.0433 e. The van der Waals surface area contributed by atoms with E-state index < -0.39 is 0 Å². The van der Waals surface area contributed by atoms with E-state index in [4.69, 9.17) is 23.2 Å². The van der Waals surface area contributed by atoms with Crippen molar-refractivity contribution in [3.8, 4) is 0 Å². The number of benzene rings is 1. The van der Waals surface area contributed by atoms with Gasteiger partial charge in [0.1, 0.15) is 0 Å². The van der Waals surface area contributed by atoms with Gasteiger partial charge < -0.3 is 16.0 Å². The fraction of sp³-hybridized carbons (Fsp3) is 0.448. The average molecular weight is 501 g/mol. The topological polar surface area (TPSA) is 36.1 Å². The Hall–Kier alpha value is -2.10. The second-order valence-corrected chi connectivity index (χ2v) is 9.84. The molecule has 0 aliphatic heterocycles. The fourth-order valence-corrected chi connectivity index (χ4v) is 5.04. The third-order valence-electron chi connectivity index (χ3n) is 6.41. The molecular weight excluding hydrogens is 461 g/mol. The van der Waals surface area contributed by atoms with Crippen molar-refractivity contribution in [3.05, 3.63) is 81.0 Å². The van der Waals surface area contributed by atoms with Gasteiger partial charge >= 0.3 is 0 Å². The highest BCUT2D eigenvalue weighted by Crippen LogP contribution is 2.33. The van der Waals surface area contributed by atoms with Crippen LogP contribution in [0.4, 0.5) is 5.69 Å². The Morgan fingerprint density at radius 2 is 1.76 bits per heavy atom. The van der Waals surface area contributed by atoms with Crippen LogP contribution in [-0.4, -0.2) is 20.1 Å². The van der Waals surface area contributed by atoms with Gasteiger partial charge in [-0.3, -0.25) is 0 Å². The molecule has 1 aromatic carbocycles. The molecule has 1 saturated carbocycles. The van der Waals surface area contributed by atoms with Gasteiger partial charge in [-0.15, -0.1) is 0 Å². The number of hydrogen-bond acceptors (Lipinski definition) is 3. The first-order valence-electron chi connectivity index (χ1n) is 12.7. The molecule has 2 aliphatic carbocycles. The van der Waals surface area contributed by atoms with Gasteiger partial charge in [0.2, 0.25) is 0 Å². The number of allylic oxidation sites excluding steroid dienone is 8. The van der Waals surface area contributed by atoms with E-state index >= 15 is 0 Å².